The first-order valence-electron chi connectivity index (χ1n) is 7.86. The molecule has 2 heterocycles. The van der Waals surface area contributed by atoms with Gasteiger partial charge in [-0.2, -0.15) is 10.1 Å². The first-order valence-corrected chi connectivity index (χ1v) is 7.86. The second-order valence-electron chi connectivity index (χ2n) is 6.00. The van der Waals surface area contributed by atoms with Gasteiger partial charge in [-0.05, 0) is 37.0 Å². The van der Waals surface area contributed by atoms with Crippen molar-refractivity contribution < 1.29 is 9.32 Å². The number of aromatic nitrogens is 4. The SMILES string of the molecule is Cc1nc(-c2ccc3c(c2)CC[C@H]3NC(=O)c2c[nH]nc2C)no1. The Labute approximate surface area is 138 Å². The predicted molar refractivity (Wildman–Crippen MR) is 86.3 cm³/mol. The summed E-state index contributed by atoms with van der Waals surface area (Å²) in [7, 11) is 0. The summed E-state index contributed by atoms with van der Waals surface area (Å²) >= 11 is 0. The maximum absolute atomic E-state index is 12.4. The molecule has 1 amide bonds. The minimum atomic E-state index is -0.100. The summed E-state index contributed by atoms with van der Waals surface area (Å²) in [6.45, 7) is 3.58. The lowest BCUT2D eigenvalue weighted by molar-refractivity contribution is 0.0936. The number of benzene rings is 1. The molecule has 7 nitrogen and oxygen atoms in total. The number of amides is 1. The van der Waals surface area contributed by atoms with E-state index in [1.54, 1.807) is 13.1 Å². The van der Waals surface area contributed by atoms with Crippen molar-refractivity contribution in [1.82, 2.24) is 25.7 Å². The number of hydrogen-bond donors (Lipinski definition) is 2. The number of carbonyl (C=O) groups excluding carboxylic acids is 1. The molecule has 0 saturated heterocycles. The summed E-state index contributed by atoms with van der Waals surface area (Å²) in [5, 5.41) is 13.8. The zero-order chi connectivity index (χ0) is 16.7. The molecule has 4 rings (SSSR count). The van der Waals surface area contributed by atoms with Crippen molar-refractivity contribution in [3.8, 4) is 11.4 Å². The molecule has 3 aromatic rings. The molecule has 0 fully saturated rings. The smallest absolute Gasteiger partial charge is 0.255 e. The number of nitrogens with zero attached hydrogens (tertiary/aromatic N) is 3. The summed E-state index contributed by atoms with van der Waals surface area (Å²) in [5.74, 6) is 1.04. The van der Waals surface area contributed by atoms with Crippen LogP contribution in [0.3, 0.4) is 0 Å². The van der Waals surface area contributed by atoms with Gasteiger partial charge < -0.3 is 9.84 Å². The number of H-pyrrole nitrogens is 1. The van der Waals surface area contributed by atoms with Crippen LogP contribution in [0.1, 0.15) is 45.5 Å². The van der Waals surface area contributed by atoms with Gasteiger partial charge in [0.2, 0.25) is 11.7 Å². The van der Waals surface area contributed by atoms with Gasteiger partial charge in [0.1, 0.15) is 0 Å². The van der Waals surface area contributed by atoms with E-state index in [-0.39, 0.29) is 11.9 Å². The van der Waals surface area contributed by atoms with Gasteiger partial charge in [0.25, 0.3) is 5.91 Å². The Balaban J connectivity index is 1.56. The van der Waals surface area contributed by atoms with Crippen molar-refractivity contribution >= 4 is 5.91 Å². The Bertz CT molecular complexity index is 911. The quantitative estimate of drug-likeness (QED) is 0.772. The first-order chi connectivity index (χ1) is 11.6. The van der Waals surface area contributed by atoms with E-state index in [9.17, 15) is 4.79 Å². The van der Waals surface area contributed by atoms with Gasteiger partial charge in [0.15, 0.2) is 0 Å². The molecule has 0 saturated carbocycles. The van der Waals surface area contributed by atoms with Crippen LogP contribution in [-0.4, -0.2) is 26.2 Å². The monoisotopic (exact) mass is 323 g/mol. The molecular weight excluding hydrogens is 306 g/mol. The molecule has 2 N–H and O–H groups in total. The molecule has 0 aliphatic heterocycles. The number of aryl methyl sites for hydroxylation is 3. The van der Waals surface area contributed by atoms with Crippen LogP contribution in [0.25, 0.3) is 11.4 Å². The van der Waals surface area contributed by atoms with Gasteiger partial charge in [-0.1, -0.05) is 17.3 Å². The largest absolute Gasteiger partial charge is 0.345 e. The van der Waals surface area contributed by atoms with E-state index >= 15 is 0 Å². The molecule has 7 heteroatoms. The van der Waals surface area contributed by atoms with Gasteiger partial charge in [-0.25, -0.2) is 0 Å². The summed E-state index contributed by atoms with van der Waals surface area (Å²) < 4.78 is 5.04. The maximum atomic E-state index is 12.4. The highest BCUT2D eigenvalue weighted by atomic mass is 16.5. The number of nitrogens with one attached hydrogen (secondary N) is 2. The maximum Gasteiger partial charge on any atom is 0.255 e. The fourth-order valence-electron chi connectivity index (χ4n) is 3.15. The van der Waals surface area contributed by atoms with E-state index in [4.69, 9.17) is 4.52 Å². The van der Waals surface area contributed by atoms with E-state index in [1.165, 1.54) is 5.56 Å². The normalized spacial score (nSPS) is 16.2. The molecule has 0 spiro atoms. The minimum absolute atomic E-state index is 0.0165. The molecule has 0 radical (unpaired) electrons. The van der Waals surface area contributed by atoms with Crippen LogP contribution in [0.4, 0.5) is 0 Å². The summed E-state index contributed by atoms with van der Waals surface area (Å²) in [4.78, 5) is 16.6. The van der Waals surface area contributed by atoms with Gasteiger partial charge in [0, 0.05) is 18.7 Å². The molecule has 1 aliphatic carbocycles. The van der Waals surface area contributed by atoms with Gasteiger partial charge in [-0.15, -0.1) is 0 Å². The van der Waals surface area contributed by atoms with E-state index in [0.717, 1.165) is 24.0 Å². The summed E-state index contributed by atoms with van der Waals surface area (Å²) in [5.41, 5.74) is 4.58. The molecule has 1 aromatic carbocycles. The Morgan fingerprint density at radius 1 is 1.38 bits per heavy atom. The topological polar surface area (TPSA) is 96.7 Å². The van der Waals surface area contributed by atoms with Gasteiger partial charge >= 0.3 is 0 Å². The molecule has 1 atom stereocenters. The van der Waals surface area contributed by atoms with Crippen molar-refractivity contribution in [3.63, 3.8) is 0 Å². The molecule has 24 heavy (non-hydrogen) atoms. The second-order valence-corrected chi connectivity index (χ2v) is 6.00. The first kappa shape index (κ1) is 14.6. The fraction of sp³-hybridized carbons (Fsp3) is 0.294. The number of aromatic amines is 1. The van der Waals surface area contributed by atoms with E-state index < -0.39 is 0 Å². The Hall–Kier alpha value is -2.96. The number of fused-ring (bicyclic) bond motifs is 1. The number of hydrogen-bond acceptors (Lipinski definition) is 5. The third kappa shape index (κ3) is 2.47. The lowest BCUT2D eigenvalue weighted by Gasteiger charge is -2.14. The van der Waals surface area contributed by atoms with Crippen LogP contribution in [0.5, 0.6) is 0 Å². The summed E-state index contributed by atoms with van der Waals surface area (Å²) in [6.07, 6.45) is 3.42. The van der Waals surface area contributed by atoms with Crippen molar-refractivity contribution in [2.24, 2.45) is 0 Å². The van der Waals surface area contributed by atoms with Crippen molar-refractivity contribution in [3.05, 3.63) is 52.7 Å². The van der Waals surface area contributed by atoms with Crippen molar-refractivity contribution in [2.45, 2.75) is 32.7 Å². The Morgan fingerprint density at radius 3 is 2.96 bits per heavy atom. The molecule has 1 aliphatic rings. The van der Waals surface area contributed by atoms with Crippen LogP contribution >= 0.6 is 0 Å². The average molecular weight is 323 g/mol. The van der Waals surface area contributed by atoms with Crippen LogP contribution in [-0.2, 0) is 6.42 Å². The van der Waals surface area contributed by atoms with Crippen molar-refractivity contribution in [2.75, 3.05) is 0 Å². The van der Waals surface area contributed by atoms with Crippen LogP contribution in [0.2, 0.25) is 0 Å². The van der Waals surface area contributed by atoms with Crippen LogP contribution in [0, 0.1) is 13.8 Å². The molecule has 0 bridgehead atoms. The minimum Gasteiger partial charge on any atom is -0.345 e. The molecular formula is C17H17N5O2. The van der Waals surface area contributed by atoms with Crippen LogP contribution in [0.15, 0.2) is 28.9 Å². The average Bonchev–Trinajstić information content (AvgIpc) is 3.27. The lowest BCUT2D eigenvalue weighted by atomic mass is 10.0. The molecule has 0 unspecified atom stereocenters. The Morgan fingerprint density at radius 2 is 2.25 bits per heavy atom. The van der Waals surface area contributed by atoms with Crippen molar-refractivity contribution in [1.29, 1.82) is 0 Å². The Kier molecular flexibility index (Phi) is 3.41. The number of rotatable bonds is 3. The summed E-state index contributed by atoms with van der Waals surface area (Å²) in [6, 6.07) is 6.10. The second kappa shape index (κ2) is 5.59. The van der Waals surface area contributed by atoms with E-state index in [2.05, 4.69) is 31.7 Å². The zero-order valence-corrected chi connectivity index (χ0v) is 13.5. The van der Waals surface area contributed by atoms with E-state index in [1.807, 2.05) is 19.1 Å². The highest BCUT2D eigenvalue weighted by Gasteiger charge is 2.26. The third-order valence-corrected chi connectivity index (χ3v) is 4.39. The zero-order valence-electron chi connectivity index (χ0n) is 13.5. The van der Waals surface area contributed by atoms with Gasteiger partial charge in [0.05, 0.1) is 17.3 Å². The number of carbonyl (C=O) groups is 1. The highest BCUT2D eigenvalue weighted by Crippen LogP contribution is 2.33. The lowest BCUT2D eigenvalue weighted by Crippen LogP contribution is -2.27. The highest BCUT2D eigenvalue weighted by molar-refractivity contribution is 5.95. The standard InChI is InChI=1S/C17H17N5O2/c1-9-14(8-18-21-9)17(23)20-15-6-4-11-7-12(3-5-13(11)15)16-19-10(2)24-22-16/h3,5,7-8,15H,4,6H2,1-2H3,(H,18,21)(H,20,23)/t15-/m1/s1. The fourth-order valence-corrected chi connectivity index (χ4v) is 3.15. The molecule has 2 aromatic heterocycles. The van der Waals surface area contributed by atoms with Gasteiger partial charge in [-0.3, -0.25) is 9.89 Å². The predicted octanol–water partition coefficient (Wildman–Crippen LogP) is 2.49. The van der Waals surface area contributed by atoms with Crippen LogP contribution < -0.4 is 5.32 Å². The molecule has 122 valence electrons. The third-order valence-electron chi connectivity index (χ3n) is 4.39. The van der Waals surface area contributed by atoms with E-state index in [0.29, 0.717) is 23.0 Å².